The molecule has 0 aliphatic rings. The van der Waals surface area contributed by atoms with Crippen molar-refractivity contribution >= 4 is 11.7 Å². The van der Waals surface area contributed by atoms with E-state index < -0.39 is 10.9 Å². The zero-order chi connectivity index (χ0) is 18.5. The van der Waals surface area contributed by atoms with E-state index in [4.69, 9.17) is 4.74 Å². The largest absolute Gasteiger partial charge is 0.482 e. The van der Waals surface area contributed by atoms with E-state index in [0.29, 0.717) is 5.56 Å². The van der Waals surface area contributed by atoms with Crippen molar-refractivity contribution in [2.45, 2.75) is 6.61 Å². The number of carboxylic acids is 1. The highest BCUT2D eigenvalue weighted by Crippen LogP contribution is 2.40. The molecule has 0 radical (unpaired) electrons. The van der Waals surface area contributed by atoms with Crippen LogP contribution in [0.3, 0.4) is 0 Å². The van der Waals surface area contributed by atoms with Crippen LogP contribution in [0.1, 0.15) is 15.9 Å². The van der Waals surface area contributed by atoms with E-state index in [1.165, 1.54) is 12.1 Å². The third kappa shape index (κ3) is 3.54. The second kappa shape index (κ2) is 7.48. The molecular weight excluding hydrogens is 334 g/mol. The molecule has 0 aliphatic carbocycles. The van der Waals surface area contributed by atoms with E-state index in [2.05, 4.69) is 0 Å². The molecule has 3 rings (SSSR count). The molecule has 0 aromatic heterocycles. The Hall–Kier alpha value is -3.67. The Morgan fingerprint density at radius 3 is 2.15 bits per heavy atom. The monoisotopic (exact) mass is 349 g/mol. The van der Waals surface area contributed by atoms with E-state index in [1.807, 2.05) is 30.3 Å². The topological polar surface area (TPSA) is 89.7 Å². The number of hydrogen-bond acceptors (Lipinski definition) is 4. The van der Waals surface area contributed by atoms with Gasteiger partial charge in [-0.1, -0.05) is 60.7 Å². The van der Waals surface area contributed by atoms with Crippen LogP contribution in [-0.2, 0) is 6.61 Å². The predicted molar refractivity (Wildman–Crippen MR) is 96.3 cm³/mol. The van der Waals surface area contributed by atoms with Crippen molar-refractivity contribution in [3.8, 4) is 16.9 Å². The van der Waals surface area contributed by atoms with Crippen molar-refractivity contribution < 1.29 is 19.6 Å². The van der Waals surface area contributed by atoms with Crippen LogP contribution >= 0.6 is 0 Å². The van der Waals surface area contributed by atoms with Gasteiger partial charge in [-0.3, -0.25) is 10.1 Å². The maximum absolute atomic E-state index is 11.7. The molecule has 130 valence electrons. The van der Waals surface area contributed by atoms with Crippen LogP contribution in [0.5, 0.6) is 5.75 Å². The smallest absolute Gasteiger partial charge is 0.336 e. The first-order valence-corrected chi connectivity index (χ1v) is 7.84. The van der Waals surface area contributed by atoms with Crippen molar-refractivity contribution in [1.29, 1.82) is 0 Å². The number of ether oxygens (including phenoxy) is 1. The van der Waals surface area contributed by atoms with E-state index >= 15 is 0 Å². The molecule has 0 atom stereocenters. The molecule has 0 bridgehead atoms. The number of carbonyl (C=O) groups is 1. The number of nitro benzene ring substituents is 1. The third-order valence-electron chi connectivity index (χ3n) is 3.85. The summed E-state index contributed by atoms with van der Waals surface area (Å²) in [5.74, 6) is -1.20. The van der Waals surface area contributed by atoms with Gasteiger partial charge in [-0.05, 0) is 23.3 Å². The molecule has 0 heterocycles. The molecule has 0 saturated carbocycles. The maximum Gasteiger partial charge on any atom is 0.336 e. The summed E-state index contributed by atoms with van der Waals surface area (Å²) in [5.41, 5.74) is 0.836. The van der Waals surface area contributed by atoms with Crippen LogP contribution in [0.15, 0.2) is 72.8 Å². The lowest BCUT2D eigenvalue weighted by atomic mass is 9.97. The van der Waals surface area contributed by atoms with Crippen molar-refractivity contribution in [1.82, 2.24) is 0 Å². The Morgan fingerprint density at radius 2 is 1.58 bits per heavy atom. The normalized spacial score (nSPS) is 10.3. The molecule has 6 nitrogen and oxygen atoms in total. The summed E-state index contributed by atoms with van der Waals surface area (Å²) in [6.07, 6.45) is 0. The van der Waals surface area contributed by atoms with Gasteiger partial charge >= 0.3 is 11.7 Å². The first kappa shape index (κ1) is 17.2. The van der Waals surface area contributed by atoms with Crippen molar-refractivity contribution in [2.75, 3.05) is 0 Å². The Bertz CT molecular complexity index is 939. The fourth-order valence-electron chi connectivity index (χ4n) is 2.68. The SMILES string of the molecule is O=C(O)c1ccc(OCc2ccccc2)c([N+](=O)[O-])c1-c1ccccc1. The quantitative estimate of drug-likeness (QED) is 0.521. The molecule has 0 amide bonds. The van der Waals surface area contributed by atoms with Gasteiger partial charge in [0.1, 0.15) is 6.61 Å². The first-order valence-electron chi connectivity index (χ1n) is 7.84. The van der Waals surface area contributed by atoms with E-state index in [-0.39, 0.29) is 29.2 Å². The number of hydrogen-bond donors (Lipinski definition) is 1. The average molecular weight is 349 g/mol. The van der Waals surface area contributed by atoms with Crippen LogP contribution in [0.2, 0.25) is 0 Å². The molecule has 3 aromatic carbocycles. The lowest BCUT2D eigenvalue weighted by Gasteiger charge is -2.12. The van der Waals surface area contributed by atoms with Gasteiger partial charge in [0.2, 0.25) is 0 Å². The summed E-state index contributed by atoms with van der Waals surface area (Å²) in [7, 11) is 0. The lowest BCUT2D eigenvalue weighted by Crippen LogP contribution is -2.06. The summed E-state index contributed by atoms with van der Waals surface area (Å²) in [6.45, 7) is 0.141. The van der Waals surface area contributed by atoms with Gasteiger partial charge in [-0.2, -0.15) is 0 Å². The highest BCUT2D eigenvalue weighted by atomic mass is 16.6. The highest BCUT2D eigenvalue weighted by Gasteiger charge is 2.28. The zero-order valence-electron chi connectivity index (χ0n) is 13.7. The maximum atomic E-state index is 11.7. The van der Waals surface area contributed by atoms with Crippen LogP contribution in [0.25, 0.3) is 11.1 Å². The minimum Gasteiger partial charge on any atom is -0.482 e. The molecule has 0 unspecified atom stereocenters. The molecule has 26 heavy (non-hydrogen) atoms. The predicted octanol–water partition coefficient (Wildman–Crippen LogP) is 4.54. The molecule has 3 aromatic rings. The van der Waals surface area contributed by atoms with Crippen LogP contribution in [0.4, 0.5) is 5.69 Å². The number of aromatic carboxylic acids is 1. The summed E-state index contributed by atoms with van der Waals surface area (Å²) in [5, 5.41) is 21.2. The van der Waals surface area contributed by atoms with Gasteiger partial charge in [0.25, 0.3) is 0 Å². The molecule has 0 saturated heterocycles. The van der Waals surface area contributed by atoms with Crippen molar-refractivity contribution in [3.63, 3.8) is 0 Å². The van der Waals surface area contributed by atoms with Crippen LogP contribution in [0, 0.1) is 10.1 Å². The molecular formula is C20H15NO5. The van der Waals surface area contributed by atoms with Crippen LogP contribution in [-0.4, -0.2) is 16.0 Å². The summed E-state index contributed by atoms with van der Waals surface area (Å²) in [6, 6.07) is 20.3. The summed E-state index contributed by atoms with van der Waals surface area (Å²) < 4.78 is 5.65. The number of carboxylic acid groups (broad SMARTS) is 1. The van der Waals surface area contributed by atoms with E-state index in [1.54, 1.807) is 30.3 Å². The lowest BCUT2D eigenvalue weighted by molar-refractivity contribution is -0.385. The Labute approximate surface area is 149 Å². The fourth-order valence-corrected chi connectivity index (χ4v) is 2.68. The van der Waals surface area contributed by atoms with Crippen LogP contribution < -0.4 is 4.74 Å². The van der Waals surface area contributed by atoms with Gasteiger partial charge in [-0.15, -0.1) is 0 Å². The number of nitro groups is 1. The Morgan fingerprint density at radius 1 is 0.962 bits per heavy atom. The van der Waals surface area contributed by atoms with Crippen molar-refractivity contribution in [2.24, 2.45) is 0 Å². The number of nitrogens with zero attached hydrogens (tertiary/aromatic N) is 1. The van der Waals surface area contributed by atoms with Gasteiger partial charge in [0.05, 0.1) is 16.1 Å². The minimum atomic E-state index is -1.23. The van der Waals surface area contributed by atoms with Gasteiger partial charge in [0.15, 0.2) is 5.75 Å². The summed E-state index contributed by atoms with van der Waals surface area (Å²) in [4.78, 5) is 22.7. The second-order valence-electron chi connectivity index (χ2n) is 5.54. The highest BCUT2D eigenvalue weighted by molar-refractivity contribution is 6.00. The number of rotatable bonds is 6. The fraction of sp³-hybridized carbons (Fsp3) is 0.0500. The number of benzene rings is 3. The van der Waals surface area contributed by atoms with E-state index in [0.717, 1.165) is 5.56 Å². The van der Waals surface area contributed by atoms with Gasteiger partial charge in [-0.25, -0.2) is 4.79 Å². The molecule has 6 heteroatoms. The standard InChI is InChI=1S/C20H15NO5/c22-20(23)16-11-12-17(26-13-14-7-3-1-4-8-14)19(21(24)25)18(16)15-9-5-2-6-10-15/h1-12H,13H2,(H,22,23). The Balaban J connectivity index is 2.11. The van der Waals surface area contributed by atoms with Crippen molar-refractivity contribution in [3.05, 3.63) is 94.0 Å². The zero-order valence-corrected chi connectivity index (χ0v) is 13.7. The average Bonchev–Trinajstić information content (AvgIpc) is 2.66. The van der Waals surface area contributed by atoms with Gasteiger partial charge in [0, 0.05) is 0 Å². The molecule has 0 fully saturated rings. The van der Waals surface area contributed by atoms with Gasteiger partial charge < -0.3 is 9.84 Å². The molecule has 0 spiro atoms. The summed E-state index contributed by atoms with van der Waals surface area (Å²) >= 11 is 0. The minimum absolute atomic E-state index is 0.0303. The second-order valence-corrected chi connectivity index (χ2v) is 5.54. The third-order valence-corrected chi connectivity index (χ3v) is 3.85. The molecule has 1 N–H and O–H groups in total. The Kier molecular flexibility index (Phi) is 4.94. The van der Waals surface area contributed by atoms with E-state index in [9.17, 15) is 20.0 Å². The molecule has 0 aliphatic heterocycles. The first-order chi connectivity index (χ1) is 12.6.